The SMILES string of the molecule is C[C@H]1C[C@H](C)CN(Cc2nc3ccccc3c(=O)[nH]2)C1. The van der Waals surface area contributed by atoms with Crippen LogP contribution in [0.3, 0.4) is 0 Å². The summed E-state index contributed by atoms with van der Waals surface area (Å²) in [5.74, 6) is 2.20. The fourth-order valence-corrected chi connectivity index (χ4v) is 3.34. The zero-order valence-electron chi connectivity index (χ0n) is 12.1. The molecule has 4 heteroatoms. The highest BCUT2D eigenvalue weighted by molar-refractivity contribution is 5.77. The second-order valence-electron chi connectivity index (χ2n) is 6.17. The number of rotatable bonds is 2. The molecule has 106 valence electrons. The molecule has 0 aliphatic carbocycles. The molecule has 0 saturated carbocycles. The van der Waals surface area contributed by atoms with Gasteiger partial charge in [0.25, 0.3) is 5.56 Å². The third-order valence-electron chi connectivity index (χ3n) is 3.98. The molecule has 0 radical (unpaired) electrons. The van der Waals surface area contributed by atoms with Crippen LogP contribution in [0.4, 0.5) is 0 Å². The van der Waals surface area contributed by atoms with Gasteiger partial charge in [-0.3, -0.25) is 9.69 Å². The van der Waals surface area contributed by atoms with E-state index in [1.54, 1.807) is 0 Å². The number of hydrogen-bond acceptors (Lipinski definition) is 3. The van der Waals surface area contributed by atoms with E-state index < -0.39 is 0 Å². The minimum atomic E-state index is -0.0382. The van der Waals surface area contributed by atoms with E-state index in [1.807, 2.05) is 24.3 Å². The first-order chi connectivity index (χ1) is 9.61. The van der Waals surface area contributed by atoms with Crippen molar-refractivity contribution in [1.29, 1.82) is 0 Å². The van der Waals surface area contributed by atoms with E-state index in [2.05, 4.69) is 28.7 Å². The summed E-state index contributed by atoms with van der Waals surface area (Å²) in [4.78, 5) is 22.0. The number of aromatic nitrogens is 2. The van der Waals surface area contributed by atoms with Crippen LogP contribution >= 0.6 is 0 Å². The van der Waals surface area contributed by atoms with Gasteiger partial charge >= 0.3 is 0 Å². The number of fused-ring (bicyclic) bond motifs is 1. The maximum atomic E-state index is 12.1. The average molecular weight is 271 g/mol. The van der Waals surface area contributed by atoms with Gasteiger partial charge in [-0.05, 0) is 30.4 Å². The van der Waals surface area contributed by atoms with Crippen LogP contribution in [0.15, 0.2) is 29.1 Å². The molecular formula is C16H21N3O. The summed E-state index contributed by atoms with van der Waals surface area (Å²) >= 11 is 0. The Hall–Kier alpha value is -1.68. The zero-order chi connectivity index (χ0) is 14.1. The maximum absolute atomic E-state index is 12.1. The van der Waals surface area contributed by atoms with E-state index in [0.717, 1.165) is 31.0 Å². The molecule has 0 spiro atoms. The molecule has 3 rings (SSSR count). The van der Waals surface area contributed by atoms with Crippen LogP contribution in [0.25, 0.3) is 10.9 Å². The van der Waals surface area contributed by atoms with Crippen LogP contribution in [0.2, 0.25) is 0 Å². The predicted octanol–water partition coefficient (Wildman–Crippen LogP) is 2.40. The largest absolute Gasteiger partial charge is 0.309 e. The quantitative estimate of drug-likeness (QED) is 0.912. The lowest BCUT2D eigenvalue weighted by Crippen LogP contribution is -2.38. The minimum Gasteiger partial charge on any atom is -0.309 e. The lowest BCUT2D eigenvalue weighted by Gasteiger charge is -2.34. The van der Waals surface area contributed by atoms with E-state index in [-0.39, 0.29) is 5.56 Å². The van der Waals surface area contributed by atoms with E-state index in [9.17, 15) is 4.79 Å². The second-order valence-corrected chi connectivity index (χ2v) is 6.17. The first-order valence-corrected chi connectivity index (χ1v) is 7.32. The predicted molar refractivity (Wildman–Crippen MR) is 80.6 cm³/mol. The van der Waals surface area contributed by atoms with Crippen molar-refractivity contribution in [2.24, 2.45) is 11.8 Å². The highest BCUT2D eigenvalue weighted by Crippen LogP contribution is 2.21. The Labute approximate surface area is 118 Å². The number of H-pyrrole nitrogens is 1. The number of nitrogens with zero attached hydrogens (tertiary/aromatic N) is 2. The molecule has 1 N–H and O–H groups in total. The van der Waals surface area contributed by atoms with E-state index >= 15 is 0 Å². The Morgan fingerprint density at radius 3 is 2.70 bits per heavy atom. The van der Waals surface area contributed by atoms with Crippen molar-refractivity contribution < 1.29 is 0 Å². The van der Waals surface area contributed by atoms with Crippen LogP contribution in [0.1, 0.15) is 26.1 Å². The lowest BCUT2D eigenvalue weighted by molar-refractivity contribution is 0.131. The van der Waals surface area contributed by atoms with Gasteiger partial charge in [-0.1, -0.05) is 26.0 Å². The van der Waals surface area contributed by atoms with Crippen molar-refractivity contribution in [2.75, 3.05) is 13.1 Å². The van der Waals surface area contributed by atoms with Crippen molar-refractivity contribution in [3.8, 4) is 0 Å². The molecule has 20 heavy (non-hydrogen) atoms. The van der Waals surface area contributed by atoms with Gasteiger partial charge in [-0.15, -0.1) is 0 Å². The van der Waals surface area contributed by atoms with Crippen molar-refractivity contribution in [3.05, 3.63) is 40.4 Å². The first kappa shape index (κ1) is 13.3. The van der Waals surface area contributed by atoms with Gasteiger partial charge in [0.15, 0.2) is 0 Å². The lowest BCUT2D eigenvalue weighted by atomic mass is 9.92. The van der Waals surface area contributed by atoms with Crippen LogP contribution in [-0.2, 0) is 6.54 Å². The number of para-hydroxylation sites is 1. The van der Waals surface area contributed by atoms with E-state index in [1.165, 1.54) is 6.42 Å². The summed E-state index contributed by atoms with van der Waals surface area (Å²) in [5, 5.41) is 0.664. The Balaban J connectivity index is 1.86. The number of aromatic amines is 1. The molecule has 0 bridgehead atoms. The number of benzene rings is 1. The molecule has 1 aliphatic heterocycles. The molecule has 4 nitrogen and oxygen atoms in total. The van der Waals surface area contributed by atoms with Gasteiger partial charge in [0.05, 0.1) is 17.4 Å². The Morgan fingerprint density at radius 1 is 1.25 bits per heavy atom. The number of nitrogens with one attached hydrogen (secondary N) is 1. The van der Waals surface area contributed by atoms with Gasteiger partial charge in [0, 0.05) is 13.1 Å². The van der Waals surface area contributed by atoms with E-state index in [4.69, 9.17) is 0 Å². The van der Waals surface area contributed by atoms with Crippen molar-refractivity contribution in [3.63, 3.8) is 0 Å². The number of hydrogen-bond donors (Lipinski definition) is 1. The average Bonchev–Trinajstić information content (AvgIpc) is 2.37. The van der Waals surface area contributed by atoms with Crippen LogP contribution in [-0.4, -0.2) is 28.0 Å². The topological polar surface area (TPSA) is 49.0 Å². The first-order valence-electron chi connectivity index (χ1n) is 7.32. The zero-order valence-corrected chi connectivity index (χ0v) is 12.1. The van der Waals surface area contributed by atoms with Gasteiger partial charge in [-0.2, -0.15) is 0 Å². The fraction of sp³-hybridized carbons (Fsp3) is 0.500. The summed E-state index contributed by atoms with van der Waals surface area (Å²) in [6.07, 6.45) is 1.29. The van der Waals surface area contributed by atoms with E-state index in [0.29, 0.717) is 17.2 Å². The third kappa shape index (κ3) is 2.75. The Morgan fingerprint density at radius 2 is 1.95 bits per heavy atom. The molecule has 1 fully saturated rings. The van der Waals surface area contributed by atoms with Gasteiger partial charge < -0.3 is 4.98 Å². The Kier molecular flexibility index (Phi) is 3.57. The van der Waals surface area contributed by atoms with Crippen molar-refractivity contribution in [1.82, 2.24) is 14.9 Å². The molecule has 1 aromatic carbocycles. The third-order valence-corrected chi connectivity index (χ3v) is 3.98. The van der Waals surface area contributed by atoms with Gasteiger partial charge in [-0.25, -0.2) is 4.98 Å². The molecule has 0 amide bonds. The van der Waals surface area contributed by atoms with Crippen molar-refractivity contribution in [2.45, 2.75) is 26.8 Å². The van der Waals surface area contributed by atoms with Crippen LogP contribution in [0, 0.1) is 11.8 Å². The normalized spacial score (nSPS) is 24.1. The standard InChI is InChI=1S/C16H21N3O/c1-11-7-12(2)9-19(8-11)10-15-17-14-6-4-3-5-13(14)16(20)18-15/h3-6,11-12H,7-10H2,1-2H3,(H,17,18,20)/t11-,12-/m0/s1. The number of piperidine rings is 1. The molecule has 1 aliphatic rings. The molecule has 2 atom stereocenters. The highest BCUT2D eigenvalue weighted by atomic mass is 16.1. The molecular weight excluding hydrogens is 250 g/mol. The molecule has 2 heterocycles. The summed E-state index contributed by atoms with van der Waals surface area (Å²) in [7, 11) is 0. The van der Waals surface area contributed by atoms with Crippen LogP contribution < -0.4 is 5.56 Å². The van der Waals surface area contributed by atoms with Gasteiger partial charge in [0.1, 0.15) is 5.82 Å². The Bertz CT molecular complexity index is 654. The fourth-order valence-electron chi connectivity index (χ4n) is 3.34. The summed E-state index contributed by atoms with van der Waals surface area (Å²) in [5.41, 5.74) is 0.744. The maximum Gasteiger partial charge on any atom is 0.258 e. The highest BCUT2D eigenvalue weighted by Gasteiger charge is 2.22. The molecule has 2 aromatic rings. The second kappa shape index (κ2) is 5.37. The minimum absolute atomic E-state index is 0.0382. The molecule has 0 unspecified atom stereocenters. The summed E-state index contributed by atoms with van der Waals surface area (Å²) in [6.45, 7) is 7.48. The van der Waals surface area contributed by atoms with Crippen LogP contribution in [0.5, 0.6) is 0 Å². The summed E-state index contributed by atoms with van der Waals surface area (Å²) < 4.78 is 0. The van der Waals surface area contributed by atoms with Gasteiger partial charge in [0.2, 0.25) is 0 Å². The molecule has 1 aromatic heterocycles. The monoisotopic (exact) mass is 271 g/mol. The number of likely N-dealkylation sites (tertiary alicyclic amines) is 1. The smallest absolute Gasteiger partial charge is 0.258 e. The molecule has 1 saturated heterocycles. The summed E-state index contributed by atoms with van der Waals surface area (Å²) in [6, 6.07) is 7.50. The van der Waals surface area contributed by atoms with Crippen molar-refractivity contribution >= 4 is 10.9 Å².